The molecule has 0 aliphatic rings. The van der Waals surface area contributed by atoms with Crippen molar-refractivity contribution >= 4 is 56.3 Å². The summed E-state index contributed by atoms with van der Waals surface area (Å²) in [6.07, 6.45) is 0. The maximum atomic E-state index is 11.4. The van der Waals surface area contributed by atoms with Gasteiger partial charge in [0.25, 0.3) is 0 Å². The van der Waals surface area contributed by atoms with E-state index in [0.717, 1.165) is 15.0 Å². The number of halogens is 3. The van der Waals surface area contributed by atoms with Gasteiger partial charge in [-0.25, -0.2) is 4.98 Å². The molecule has 0 radical (unpaired) electrons. The SMILES string of the molecule is O=C(CCl)c1csc(-c2cc(Cl)ccc2Br)n1. The first-order valence-electron chi connectivity index (χ1n) is 4.62. The quantitative estimate of drug-likeness (QED) is 0.595. The molecule has 17 heavy (non-hydrogen) atoms. The number of thiazole rings is 1. The lowest BCUT2D eigenvalue weighted by Crippen LogP contribution is -2.00. The highest BCUT2D eigenvalue weighted by Crippen LogP contribution is 2.32. The van der Waals surface area contributed by atoms with Gasteiger partial charge in [0.2, 0.25) is 0 Å². The van der Waals surface area contributed by atoms with Crippen LogP contribution in [0.4, 0.5) is 0 Å². The highest BCUT2D eigenvalue weighted by Gasteiger charge is 2.12. The third-order valence-corrected chi connectivity index (χ3v) is 4.11. The van der Waals surface area contributed by atoms with Gasteiger partial charge in [0, 0.05) is 20.4 Å². The average molecular weight is 351 g/mol. The van der Waals surface area contributed by atoms with Gasteiger partial charge >= 0.3 is 0 Å². The average Bonchev–Trinajstić information content (AvgIpc) is 2.80. The molecular weight excluding hydrogens is 345 g/mol. The van der Waals surface area contributed by atoms with Crippen LogP contribution in [0, 0.1) is 0 Å². The molecule has 1 aromatic carbocycles. The zero-order chi connectivity index (χ0) is 12.4. The first-order valence-corrected chi connectivity index (χ1v) is 7.20. The van der Waals surface area contributed by atoms with E-state index >= 15 is 0 Å². The Bertz CT molecular complexity index is 570. The molecule has 0 saturated heterocycles. The largest absolute Gasteiger partial charge is 0.291 e. The number of nitrogens with zero attached hydrogens (tertiary/aromatic N) is 1. The number of carbonyl (C=O) groups excluding carboxylic acids is 1. The molecule has 0 aliphatic carbocycles. The molecule has 0 saturated carbocycles. The second-order valence-electron chi connectivity index (χ2n) is 3.22. The lowest BCUT2D eigenvalue weighted by atomic mass is 10.2. The topological polar surface area (TPSA) is 30.0 Å². The predicted octanol–water partition coefficient (Wildman–Crippen LogP) is 4.65. The van der Waals surface area contributed by atoms with Crippen LogP contribution in [0.1, 0.15) is 10.5 Å². The van der Waals surface area contributed by atoms with Gasteiger partial charge in [0.15, 0.2) is 5.78 Å². The molecule has 0 bridgehead atoms. The molecule has 0 aliphatic heterocycles. The summed E-state index contributed by atoms with van der Waals surface area (Å²) >= 11 is 16.2. The molecule has 2 rings (SSSR count). The molecule has 2 aromatic rings. The molecule has 0 fully saturated rings. The fraction of sp³-hybridized carbons (Fsp3) is 0.0909. The highest BCUT2D eigenvalue weighted by atomic mass is 79.9. The van der Waals surface area contributed by atoms with Crippen molar-refractivity contribution < 1.29 is 4.79 Å². The summed E-state index contributed by atoms with van der Waals surface area (Å²) in [6, 6.07) is 5.44. The number of benzene rings is 1. The van der Waals surface area contributed by atoms with Gasteiger partial charge in [0.1, 0.15) is 10.7 Å². The molecule has 6 heteroatoms. The van der Waals surface area contributed by atoms with Crippen LogP contribution in [0.2, 0.25) is 5.02 Å². The van der Waals surface area contributed by atoms with Crippen molar-refractivity contribution in [3.05, 3.63) is 38.8 Å². The molecule has 1 heterocycles. The van der Waals surface area contributed by atoms with Gasteiger partial charge in [-0.15, -0.1) is 22.9 Å². The summed E-state index contributed by atoms with van der Waals surface area (Å²) in [6.45, 7) is 0. The van der Waals surface area contributed by atoms with E-state index in [9.17, 15) is 4.79 Å². The Kier molecular flexibility index (Phi) is 4.20. The summed E-state index contributed by atoms with van der Waals surface area (Å²) in [7, 11) is 0. The van der Waals surface area contributed by atoms with Crippen LogP contribution < -0.4 is 0 Å². The van der Waals surface area contributed by atoms with Crippen LogP contribution in [-0.4, -0.2) is 16.6 Å². The highest BCUT2D eigenvalue weighted by molar-refractivity contribution is 9.10. The fourth-order valence-electron chi connectivity index (χ4n) is 1.26. The zero-order valence-electron chi connectivity index (χ0n) is 8.41. The molecule has 0 unspecified atom stereocenters. The summed E-state index contributed by atoms with van der Waals surface area (Å²) in [5, 5.41) is 3.07. The van der Waals surface area contributed by atoms with E-state index in [1.807, 2.05) is 6.07 Å². The molecule has 0 spiro atoms. The smallest absolute Gasteiger partial charge is 0.196 e. The lowest BCUT2D eigenvalue weighted by molar-refractivity contribution is 0.101. The molecule has 0 atom stereocenters. The first-order chi connectivity index (χ1) is 8.11. The van der Waals surface area contributed by atoms with Gasteiger partial charge in [-0.1, -0.05) is 27.5 Å². The monoisotopic (exact) mass is 349 g/mol. The van der Waals surface area contributed by atoms with Crippen LogP contribution >= 0.6 is 50.5 Å². The lowest BCUT2D eigenvalue weighted by Gasteiger charge is -2.00. The van der Waals surface area contributed by atoms with Gasteiger partial charge < -0.3 is 0 Å². The van der Waals surface area contributed by atoms with E-state index in [-0.39, 0.29) is 11.7 Å². The van der Waals surface area contributed by atoms with Crippen molar-refractivity contribution in [1.29, 1.82) is 0 Å². The Morgan fingerprint density at radius 3 is 2.94 bits per heavy atom. The number of hydrogen-bond acceptors (Lipinski definition) is 3. The first kappa shape index (κ1) is 13.0. The molecule has 2 nitrogen and oxygen atoms in total. The fourth-order valence-corrected chi connectivity index (χ4v) is 2.98. The third-order valence-electron chi connectivity index (χ3n) is 2.07. The van der Waals surface area contributed by atoms with Crippen LogP contribution in [0.5, 0.6) is 0 Å². The molecule has 0 amide bonds. The van der Waals surface area contributed by atoms with Crippen molar-refractivity contribution in [1.82, 2.24) is 4.98 Å². The van der Waals surface area contributed by atoms with E-state index in [4.69, 9.17) is 23.2 Å². The van der Waals surface area contributed by atoms with E-state index in [2.05, 4.69) is 20.9 Å². The number of rotatable bonds is 3. The van der Waals surface area contributed by atoms with Crippen LogP contribution in [0.25, 0.3) is 10.6 Å². The normalized spacial score (nSPS) is 10.5. The van der Waals surface area contributed by atoms with E-state index in [1.54, 1.807) is 17.5 Å². The standard InChI is InChI=1S/C11H6BrCl2NOS/c12-8-2-1-6(14)3-7(8)11-15-9(5-17-11)10(16)4-13/h1-3,5H,4H2. The molecule has 0 N–H and O–H groups in total. The maximum absolute atomic E-state index is 11.4. The summed E-state index contributed by atoms with van der Waals surface area (Å²) < 4.78 is 0.890. The van der Waals surface area contributed by atoms with Gasteiger partial charge in [0.05, 0.1) is 5.88 Å². The third kappa shape index (κ3) is 2.88. The summed E-state index contributed by atoms with van der Waals surface area (Å²) in [4.78, 5) is 15.6. The molecule has 1 aromatic heterocycles. The Morgan fingerprint density at radius 1 is 1.47 bits per heavy atom. The second-order valence-corrected chi connectivity index (χ2v) is 5.64. The second kappa shape index (κ2) is 5.48. The van der Waals surface area contributed by atoms with Crippen LogP contribution in [-0.2, 0) is 0 Å². The number of aromatic nitrogens is 1. The van der Waals surface area contributed by atoms with Crippen molar-refractivity contribution in [2.24, 2.45) is 0 Å². The Hall–Kier alpha value is -0.420. The van der Waals surface area contributed by atoms with Crippen LogP contribution in [0.3, 0.4) is 0 Å². The Labute approximate surface area is 121 Å². The molecule has 88 valence electrons. The number of alkyl halides is 1. The Balaban J connectivity index is 2.43. The van der Waals surface area contributed by atoms with E-state index in [0.29, 0.717) is 10.7 Å². The van der Waals surface area contributed by atoms with Crippen molar-refractivity contribution in [3.63, 3.8) is 0 Å². The number of hydrogen-bond donors (Lipinski definition) is 0. The zero-order valence-corrected chi connectivity index (χ0v) is 12.3. The summed E-state index contributed by atoms with van der Waals surface area (Å²) in [5.74, 6) is -0.229. The van der Waals surface area contributed by atoms with Gasteiger partial charge in [-0.2, -0.15) is 0 Å². The minimum Gasteiger partial charge on any atom is -0.291 e. The number of Topliss-reactive ketones (excluding diaryl/α,β-unsaturated/α-hetero) is 1. The van der Waals surface area contributed by atoms with Crippen molar-refractivity contribution in [2.75, 3.05) is 5.88 Å². The van der Waals surface area contributed by atoms with E-state index in [1.165, 1.54) is 11.3 Å². The summed E-state index contributed by atoms with van der Waals surface area (Å²) in [5.41, 5.74) is 1.27. The maximum Gasteiger partial charge on any atom is 0.196 e. The van der Waals surface area contributed by atoms with Gasteiger partial charge in [-0.05, 0) is 18.2 Å². The molecular formula is C11H6BrCl2NOS. The van der Waals surface area contributed by atoms with Crippen LogP contribution in [0.15, 0.2) is 28.1 Å². The van der Waals surface area contributed by atoms with Crippen molar-refractivity contribution in [3.8, 4) is 10.6 Å². The minimum atomic E-state index is -0.174. The van der Waals surface area contributed by atoms with E-state index < -0.39 is 0 Å². The number of ketones is 1. The van der Waals surface area contributed by atoms with Gasteiger partial charge in [-0.3, -0.25) is 4.79 Å². The minimum absolute atomic E-state index is 0.0557. The number of carbonyl (C=O) groups is 1. The van der Waals surface area contributed by atoms with Crippen molar-refractivity contribution in [2.45, 2.75) is 0 Å². The Morgan fingerprint density at radius 2 is 2.24 bits per heavy atom. The predicted molar refractivity (Wildman–Crippen MR) is 75.3 cm³/mol.